The number of urea groups is 1. The van der Waals surface area contributed by atoms with Gasteiger partial charge in [0.1, 0.15) is 18.7 Å². The van der Waals surface area contributed by atoms with E-state index in [0.717, 1.165) is 57.8 Å². The van der Waals surface area contributed by atoms with Gasteiger partial charge in [-0.25, -0.2) is 9.59 Å². The molecule has 5 aliphatic rings. The van der Waals surface area contributed by atoms with Crippen LogP contribution in [0.15, 0.2) is 0 Å². The number of rotatable bonds is 14. The summed E-state index contributed by atoms with van der Waals surface area (Å²) in [6.45, 7) is 10.3. The molecule has 0 aromatic rings. The molecule has 1 heterocycles. The van der Waals surface area contributed by atoms with E-state index in [2.05, 4.69) is 29.8 Å². The first-order valence-electron chi connectivity index (χ1n) is 17.9. The van der Waals surface area contributed by atoms with Crippen LogP contribution in [0.1, 0.15) is 98.8 Å². The van der Waals surface area contributed by atoms with Gasteiger partial charge in [0, 0.05) is 6.54 Å². The van der Waals surface area contributed by atoms with Crippen molar-refractivity contribution in [1.29, 1.82) is 0 Å². The number of amides is 5. The van der Waals surface area contributed by atoms with Gasteiger partial charge in [0.05, 0.1) is 18.7 Å². The molecule has 1 saturated heterocycles. The lowest BCUT2D eigenvalue weighted by Gasteiger charge is -2.38. The minimum atomic E-state index is -1.09. The van der Waals surface area contributed by atoms with Gasteiger partial charge in [0.2, 0.25) is 17.6 Å². The van der Waals surface area contributed by atoms with Gasteiger partial charge in [-0.05, 0) is 72.5 Å². The van der Waals surface area contributed by atoms with Crippen molar-refractivity contribution in [2.24, 2.45) is 46.2 Å². The van der Waals surface area contributed by atoms with Crippen LogP contribution in [0.2, 0.25) is 0 Å². The zero-order valence-electron chi connectivity index (χ0n) is 29.2. The van der Waals surface area contributed by atoms with Gasteiger partial charge in [0.25, 0.3) is 5.91 Å². The minimum Gasteiger partial charge on any atom is -0.434 e. The third-order valence-corrected chi connectivity index (χ3v) is 11.6. The summed E-state index contributed by atoms with van der Waals surface area (Å²) in [4.78, 5) is 80.2. The summed E-state index contributed by atoms with van der Waals surface area (Å²) in [7, 11) is 0. The number of hydrogen-bond acceptors (Lipinski definition) is 8. The summed E-state index contributed by atoms with van der Waals surface area (Å²) in [5.41, 5.74) is 4.43. The van der Waals surface area contributed by atoms with E-state index in [-0.39, 0.29) is 35.7 Å². The number of nitrogens with one attached hydrogen (secondary N) is 3. The Labute approximate surface area is 283 Å². The molecule has 3 unspecified atom stereocenters. The molecular weight excluding hydrogens is 618 g/mol. The molecule has 1 aliphatic heterocycles. The van der Waals surface area contributed by atoms with Crippen LogP contribution in [0.4, 0.5) is 9.59 Å². The number of likely N-dealkylation sites (tertiary alicyclic amines) is 1. The molecule has 13 nitrogen and oxygen atoms in total. The predicted octanol–water partition coefficient (Wildman–Crippen LogP) is 3.03. The number of ketones is 1. The Morgan fingerprint density at radius 3 is 2.10 bits per heavy atom. The first-order chi connectivity index (χ1) is 22.6. The average molecular weight is 674 g/mol. The van der Waals surface area contributed by atoms with Crippen LogP contribution in [0.3, 0.4) is 0 Å². The quantitative estimate of drug-likeness (QED) is 0.160. The Bertz CT molecular complexity index is 1270. The third kappa shape index (κ3) is 8.25. The number of Topliss-reactive ketones (excluding diaryl/α,β-unsaturated/α-hetero) is 1. The molecule has 5 rings (SSSR count). The van der Waals surface area contributed by atoms with Crippen molar-refractivity contribution in [2.45, 2.75) is 123 Å². The van der Waals surface area contributed by atoms with Crippen LogP contribution in [-0.4, -0.2) is 84.5 Å². The summed E-state index contributed by atoms with van der Waals surface area (Å²) in [5, 5.41) is 8.66. The van der Waals surface area contributed by atoms with E-state index in [1.807, 2.05) is 20.8 Å². The number of fused-ring (bicyclic) bond motifs is 1. The molecule has 268 valence electrons. The molecule has 5 amide bonds. The highest BCUT2D eigenvalue weighted by Gasteiger charge is 2.70. The summed E-state index contributed by atoms with van der Waals surface area (Å²) < 4.78 is 10.6. The third-order valence-electron chi connectivity index (χ3n) is 11.6. The van der Waals surface area contributed by atoms with Crippen LogP contribution in [0.5, 0.6) is 0 Å². The number of nitrogens with zero attached hydrogens (tertiary/aromatic N) is 1. The lowest BCUT2D eigenvalue weighted by molar-refractivity contribution is -0.145. The zero-order chi connectivity index (χ0) is 35.0. The monoisotopic (exact) mass is 673 g/mol. The fourth-order valence-electron chi connectivity index (χ4n) is 8.02. The lowest BCUT2D eigenvalue weighted by atomic mass is 9.80. The molecule has 0 aromatic heterocycles. The normalized spacial score (nSPS) is 26.7. The highest BCUT2D eigenvalue weighted by atomic mass is 16.7. The number of hydrogen-bond donors (Lipinski definition) is 4. The van der Waals surface area contributed by atoms with Gasteiger partial charge in [-0.1, -0.05) is 66.7 Å². The van der Waals surface area contributed by atoms with E-state index >= 15 is 0 Å². The topological polar surface area (TPSA) is 186 Å². The van der Waals surface area contributed by atoms with Crippen molar-refractivity contribution in [3.63, 3.8) is 0 Å². The molecule has 48 heavy (non-hydrogen) atoms. The second-order valence-corrected chi connectivity index (χ2v) is 16.6. The van der Waals surface area contributed by atoms with Crippen molar-refractivity contribution in [3.05, 3.63) is 0 Å². The zero-order valence-corrected chi connectivity index (χ0v) is 29.2. The van der Waals surface area contributed by atoms with E-state index in [1.54, 1.807) is 0 Å². The highest BCUT2D eigenvalue weighted by Crippen LogP contribution is 2.65. The second kappa shape index (κ2) is 14.2. The molecular formula is C35H55N5O8. The maximum absolute atomic E-state index is 14.3. The van der Waals surface area contributed by atoms with Gasteiger partial charge < -0.3 is 36.1 Å². The van der Waals surface area contributed by atoms with Gasteiger partial charge in [-0.15, -0.1) is 0 Å². The molecule has 0 aromatic carbocycles. The van der Waals surface area contributed by atoms with Crippen molar-refractivity contribution < 1.29 is 38.2 Å². The van der Waals surface area contributed by atoms with Crippen molar-refractivity contribution in [3.8, 4) is 0 Å². The van der Waals surface area contributed by atoms with E-state index < -0.39 is 65.3 Å². The smallest absolute Gasteiger partial charge is 0.434 e. The van der Waals surface area contributed by atoms with Gasteiger partial charge >= 0.3 is 12.2 Å². The van der Waals surface area contributed by atoms with Crippen LogP contribution in [-0.2, 0) is 28.7 Å². The first kappa shape index (κ1) is 35.9. The standard InChI is InChI=1S/C35H55N5O8/c1-34(2,3)28(39-32(45)38-24(21-11-6-7-12-21)18-48-33(46)47-17-20-13-14-20)31(44)40-16-22-25(35(22,4)5)26(40)30(43)37-23(27(41)29(36)42)15-19-9-8-10-19/h19-26,28H,6-18H2,1-5H3,(H2,36,42)(H,37,43)(H2,38,39,45)/t22?,23?,24-,25+,26?,28-/m1/s1. The fourth-order valence-corrected chi connectivity index (χ4v) is 8.02. The Kier molecular flexibility index (Phi) is 10.6. The molecule has 4 saturated carbocycles. The molecule has 5 fully saturated rings. The van der Waals surface area contributed by atoms with Gasteiger partial charge in [0.15, 0.2) is 0 Å². The van der Waals surface area contributed by atoms with Crippen LogP contribution in [0.25, 0.3) is 0 Å². The number of carbonyl (C=O) groups excluding carboxylic acids is 6. The molecule has 13 heteroatoms. The highest BCUT2D eigenvalue weighted by molar-refractivity contribution is 6.37. The minimum absolute atomic E-state index is 0.0332. The van der Waals surface area contributed by atoms with Crippen LogP contribution < -0.4 is 21.7 Å². The number of nitrogens with two attached hydrogens (primary N) is 1. The maximum atomic E-state index is 14.3. The van der Waals surface area contributed by atoms with E-state index in [9.17, 15) is 28.8 Å². The molecule has 4 aliphatic carbocycles. The van der Waals surface area contributed by atoms with Gasteiger partial charge in [-0.3, -0.25) is 19.2 Å². The Morgan fingerprint density at radius 1 is 0.875 bits per heavy atom. The fraction of sp³-hybridized carbons (Fsp3) is 0.829. The van der Waals surface area contributed by atoms with Crippen molar-refractivity contribution >= 4 is 35.7 Å². The Hall–Kier alpha value is -3.38. The molecule has 6 atom stereocenters. The molecule has 0 radical (unpaired) electrons. The van der Waals surface area contributed by atoms with E-state index in [4.69, 9.17) is 15.2 Å². The Balaban J connectivity index is 1.27. The first-order valence-corrected chi connectivity index (χ1v) is 17.9. The number of ether oxygens (including phenoxy) is 2. The van der Waals surface area contributed by atoms with E-state index in [0.29, 0.717) is 25.5 Å². The summed E-state index contributed by atoms with van der Waals surface area (Å²) in [6, 6.07) is -3.90. The Morgan fingerprint density at radius 2 is 1.54 bits per heavy atom. The number of carbonyl (C=O) groups is 6. The maximum Gasteiger partial charge on any atom is 0.508 e. The largest absolute Gasteiger partial charge is 0.508 e. The van der Waals surface area contributed by atoms with Gasteiger partial charge in [-0.2, -0.15) is 0 Å². The lowest BCUT2D eigenvalue weighted by Crippen LogP contribution is -2.62. The summed E-state index contributed by atoms with van der Waals surface area (Å²) in [5.74, 6) is -2.11. The van der Waals surface area contributed by atoms with Crippen LogP contribution >= 0.6 is 0 Å². The summed E-state index contributed by atoms with van der Waals surface area (Å²) in [6.07, 6.45) is 8.36. The van der Waals surface area contributed by atoms with Crippen LogP contribution in [0, 0.1) is 40.4 Å². The number of piperidine rings is 1. The van der Waals surface area contributed by atoms with Crippen molar-refractivity contribution in [2.75, 3.05) is 19.8 Å². The molecule has 0 spiro atoms. The average Bonchev–Trinajstić information content (AvgIpc) is 3.71. The summed E-state index contributed by atoms with van der Waals surface area (Å²) >= 11 is 0. The van der Waals surface area contributed by atoms with E-state index in [1.165, 1.54) is 4.90 Å². The predicted molar refractivity (Wildman–Crippen MR) is 175 cm³/mol. The SMILES string of the molecule is CC(C)(C)[C@H](NC(=O)N[C@H](COC(=O)OCC1CC1)C1CCCC1)C(=O)N1CC2[C@@H](C1C(=O)NC(CC1CCC1)C(=O)C(N)=O)C2(C)C. The molecule has 0 bridgehead atoms. The second-order valence-electron chi connectivity index (χ2n) is 16.6. The van der Waals surface area contributed by atoms with Crippen molar-refractivity contribution in [1.82, 2.24) is 20.9 Å². The number of primary amides is 1. The molecule has 5 N–H and O–H groups in total.